The fraction of sp³-hybridized carbons (Fsp3) is 0.650. The van der Waals surface area contributed by atoms with Gasteiger partial charge in [0.15, 0.2) is 0 Å². The second kappa shape index (κ2) is 10.7. The van der Waals surface area contributed by atoms with Gasteiger partial charge in [-0.25, -0.2) is 8.42 Å². The Morgan fingerprint density at radius 2 is 1.60 bits per heavy atom. The molecule has 1 saturated heterocycles. The van der Waals surface area contributed by atoms with E-state index in [1.54, 1.807) is 6.92 Å². The van der Waals surface area contributed by atoms with Crippen molar-refractivity contribution in [3.63, 3.8) is 0 Å². The predicted molar refractivity (Wildman–Crippen MR) is 113 cm³/mol. The minimum absolute atomic E-state index is 0.0367. The normalized spacial score (nSPS) is 27.2. The number of rotatable bonds is 9. The van der Waals surface area contributed by atoms with Crippen LogP contribution in [0.5, 0.6) is 0 Å². The molecule has 0 bridgehead atoms. The molecule has 30 heavy (non-hydrogen) atoms. The second-order valence-electron chi connectivity index (χ2n) is 7.67. The molecule has 1 amide bonds. The molecule has 0 radical (unpaired) electrons. The predicted octanol–water partition coefficient (Wildman–Crippen LogP) is -0.330. The highest BCUT2D eigenvalue weighted by molar-refractivity contribution is 7.89. The lowest BCUT2D eigenvalue weighted by Crippen LogP contribution is -2.66. The maximum Gasteiger partial charge on any atom is 0.251 e. The van der Waals surface area contributed by atoms with Crippen molar-refractivity contribution in [1.29, 1.82) is 0 Å². The van der Waals surface area contributed by atoms with Gasteiger partial charge < -0.3 is 26.0 Å². The Kier molecular flexibility index (Phi) is 8.77. The Labute approximate surface area is 178 Å². The molecule has 0 aromatic heterocycles. The largest absolute Gasteiger partial charge is 0.389 e. The third-order valence-electron chi connectivity index (χ3n) is 5.28. The van der Waals surface area contributed by atoms with Crippen LogP contribution in [0, 0.1) is 0 Å². The Morgan fingerprint density at radius 1 is 1.03 bits per heavy atom. The van der Waals surface area contributed by atoms with Gasteiger partial charge in [0, 0.05) is 31.2 Å². The molecule has 170 valence electrons. The van der Waals surface area contributed by atoms with Crippen LogP contribution in [0.15, 0.2) is 29.2 Å². The van der Waals surface area contributed by atoms with Crippen LogP contribution in [0.2, 0.25) is 0 Å². The Hall–Kier alpha value is -1.56. The van der Waals surface area contributed by atoms with E-state index in [1.165, 1.54) is 28.6 Å². The number of nitrogens with one attached hydrogen (secondary N) is 2. The van der Waals surface area contributed by atoms with E-state index in [0.717, 1.165) is 0 Å². The number of nitrogens with zero attached hydrogens (tertiary/aromatic N) is 1. The molecule has 2 rings (SSSR count). The average Bonchev–Trinajstić information content (AvgIpc) is 2.73. The molecule has 1 fully saturated rings. The van der Waals surface area contributed by atoms with Gasteiger partial charge in [-0.3, -0.25) is 4.79 Å². The molecule has 5 N–H and O–H groups in total. The molecule has 1 aliphatic rings. The molecule has 1 heterocycles. The second-order valence-corrected chi connectivity index (χ2v) is 9.61. The van der Waals surface area contributed by atoms with Gasteiger partial charge in [-0.05, 0) is 44.0 Å². The lowest BCUT2D eigenvalue weighted by molar-refractivity contribution is -0.109. The van der Waals surface area contributed by atoms with Gasteiger partial charge in [-0.1, -0.05) is 13.8 Å². The maximum absolute atomic E-state index is 12.8. The molecular formula is C20H33N3O6S. The molecule has 9 nitrogen and oxygen atoms in total. The molecule has 1 aromatic rings. The van der Waals surface area contributed by atoms with E-state index < -0.39 is 46.3 Å². The molecule has 5 atom stereocenters. The average molecular weight is 444 g/mol. The van der Waals surface area contributed by atoms with E-state index in [-0.39, 0.29) is 17.0 Å². The summed E-state index contributed by atoms with van der Waals surface area (Å²) in [7, 11) is -3.61. The first-order valence-corrected chi connectivity index (χ1v) is 11.8. The minimum Gasteiger partial charge on any atom is -0.389 e. The summed E-state index contributed by atoms with van der Waals surface area (Å²) >= 11 is 0. The lowest BCUT2D eigenvalue weighted by Gasteiger charge is -2.40. The molecule has 1 aromatic carbocycles. The highest BCUT2D eigenvalue weighted by Gasteiger charge is 2.40. The summed E-state index contributed by atoms with van der Waals surface area (Å²) in [6, 6.07) is 4.66. The highest BCUT2D eigenvalue weighted by atomic mass is 32.2. The van der Waals surface area contributed by atoms with E-state index >= 15 is 0 Å². The first-order valence-electron chi connectivity index (χ1n) is 10.3. The van der Waals surface area contributed by atoms with Crippen LogP contribution >= 0.6 is 0 Å². The Morgan fingerprint density at radius 3 is 2.13 bits per heavy atom. The molecular weight excluding hydrogens is 410 g/mol. The van der Waals surface area contributed by atoms with Crippen molar-refractivity contribution in [2.45, 2.75) is 68.9 Å². The van der Waals surface area contributed by atoms with Crippen LogP contribution < -0.4 is 10.6 Å². The number of sulfonamides is 1. The quantitative estimate of drug-likeness (QED) is 0.352. The van der Waals surface area contributed by atoms with Crippen molar-refractivity contribution >= 4 is 15.9 Å². The summed E-state index contributed by atoms with van der Waals surface area (Å²) in [6.45, 7) is 6.43. The van der Waals surface area contributed by atoms with Crippen LogP contribution in [0.25, 0.3) is 0 Å². The number of aliphatic hydroxyl groups excluding tert-OH is 3. The van der Waals surface area contributed by atoms with Gasteiger partial charge in [0.1, 0.15) is 6.10 Å². The molecule has 0 saturated carbocycles. The van der Waals surface area contributed by atoms with Crippen molar-refractivity contribution in [3.05, 3.63) is 29.8 Å². The van der Waals surface area contributed by atoms with E-state index in [1.807, 2.05) is 13.8 Å². The Balaban J connectivity index is 2.03. The maximum atomic E-state index is 12.8. The van der Waals surface area contributed by atoms with Gasteiger partial charge in [0.25, 0.3) is 5.91 Å². The van der Waals surface area contributed by atoms with Gasteiger partial charge in [0.2, 0.25) is 10.0 Å². The number of aliphatic hydroxyl groups is 3. The summed E-state index contributed by atoms with van der Waals surface area (Å²) in [4.78, 5) is 12.6. The standard InChI is InChI=1S/C20H33N3O6S/c1-4-10-23(11-5-2)30(28,29)15-8-6-14(7-9-15)20(27)21-12-16-18(25)19(26)17(24)13(3)22-16/h6-9,13,16-19,22,24-26H,4-5,10-12H2,1-3H3,(H,21,27)/t13-,16+,17+,18+,19+/m0/s1. The van der Waals surface area contributed by atoms with E-state index in [4.69, 9.17) is 0 Å². The summed E-state index contributed by atoms with van der Waals surface area (Å²) in [5.74, 6) is -0.430. The van der Waals surface area contributed by atoms with E-state index in [9.17, 15) is 28.5 Å². The molecule has 0 spiro atoms. The van der Waals surface area contributed by atoms with Crippen molar-refractivity contribution in [2.24, 2.45) is 0 Å². The van der Waals surface area contributed by atoms with Crippen LogP contribution in [0.3, 0.4) is 0 Å². The Bertz CT molecular complexity index is 795. The number of amides is 1. The van der Waals surface area contributed by atoms with E-state index in [2.05, 4.69) is 10.6 Å². The minimum atomic E-state index is -3.61. The molecule has 0 unspecified atom stereocenters. The summed E-state index contributed by atoms with van der Waals surface area (Å²) in [6.07, 6.45) is -2.20. The van der Waals surface area contributed by atoms with Crippen molar-refractivity contribution in [2.75, 3.05) is 19.6 Å². The number of benzene rings is 1. The smallest absolute Gasteiger partial charge is 0.251 e. The zero-order chi connectivity index (χ0) is 22.5. The monoisotopic (exact) mass is 443 g/mol. The van der Waals surface area contributed by atoms with Gasteiger partial charge in [-0.2, -0.15) is 4.31 Å². The fourth-order valence-corrected chi connectivity index (χ4v) is 5.16. The zero-order valence-corrected chi connectivity index (χ0v) is 18.5. The zero-order valence-electron chi connectivity index (χ0n) is 17.7. The number of hydrogen-bond donors (Lipinski definition) is 5. The fourth-order valence-electron chi connectivity index (χ4n) is 3.53. The van der Waals surface area contributed by atoms with Crippen LogP contribution in [0.1, 0.15) is 44.0 Å². The third kappa shape index (κ3) is 5.57. The van der Waals surface area contributed by atoms with Crippen LogP contribution in [0.4, 0.5) is 0 Å². The van der Waals surface area contributed by atoms with Gasteiger partial charge in [0.05, 0.1) is 23.1 Å². The first-order chi connectivity index (χ1) is 14.1. The summed E-state index contributed by atoms with van der Waals surface area (Å²) in [5, 5.41) is 35.4. The molecule has 1 aliphatic heterocycles. The first kappa shape index (κ1) is 24.7. The van der Waals surface area contributed by atoms with Crippen molar-refractivity contribution < 1.29 is 28.5 Å². The van der Waals surface area contributed by atoms with Crippen LogP contribution in [-0.4, -0.2) is 84.0 Å². The van der Waals surface area contributed by atoms with Gasteiger partial charge in [-0.15, -0.1) is 0 Å². The van der Waals surface area contributed by atoms with E-state index in [0.29, 0.717) is 25.9 Å². The number of carbonyl (C=O) groups is 1. The lowest BCUT2D eigenvalue weighted by atomic mass is 9.91. The molecule has 0 aliphatic carbocycles. The number of hydrogen-bond acceptors (Lipinski definition) is 7. The highest BCUT2D eigenvalue weighted by Crippen LogP contribution is 2.18. The third-order valence-corrected chi connectivity index (χ3v) is 7.20. The summed E-state index contributed by atoms with van der Waals surface area (Å²) in [5.41, 5.74) is 0.283. The van der Waals surface area contributed by atoms with Gasteiger partial charge >= 0.3 is 0 Å². The number of piperidine rings is 1. The molecule has 10 heteroatoms. The van der Waals surface area contributed by atoms with Crippen molar-refractivity contribution in [3.8, 4) is 0 Å². The van der Waals surface area contributed by atoms with Crippen LogP contribution in [-0.2, 0) is 10.0 Å². The number of carbonyl (C=O) groups excluding carboxylic acids is 1. The SMILES string of the molecule is CCCN(CCC)S(=O)(=O)c1ccc(C(=O)NC[C@H]2N[C@@H](C)[C@@H](O)[C@@H](O)[C@@H]2O)cc1. The van der Waals surface area contributed by atoms with Crippen molar-refractivity contribution in [1.82, 2.24) is 14.9 Å². The topological polar surface area (TPSA) is 139 Å². The summed E-state index contributed by atoms with van der Waals surface area (Å²) < 4.78 is 27.0.